The summed E-state index contributed by atoms with van der Waals surface area (Å²) in [6.07, 6.45) is 0. The van der Waals surface area contributed by atoms with E-state index in [0.29, 0.717) is 17.1 Å². The highest BCUT2D eigenvalue weighted by molar-refractivity contribution is 5.94. The van der Waals surface area contributed by atoms with Crippen LogP contribution in [-0.2, 0) is 14.3 Å². The molecule has 0 fully saturated rings. The van der Waals surface area contributed by atoms with Crippen LogP contribution < -0.4 is 10.1 Å². The molecule has 2 aromatic carbocycles. The van der Waals surface area contributed by atoms with Crippen molar-refractivity contribution in [3.63, 3.8) is 0 Å². The van der Waals surface area contributed by atoms with Crippen molar-refractivity contribution in [3.8, 4) is 5.75 Å². The molecule has 0 saturated heterocycles. The van der Waals surface area contributed by atoms with Gasteiger partial charge in [0.2, 0.25) is 0 Å². The van der Waals surface area contributed by atoms with Gasteiger partial charge < -0.3 is 19.2 Å². The van der Waals surface area contributed by atoms with Crippen molar-refractivity contribution >= 4 is 28.6 Å². The van der Waals surface area contributed by atoms with Crippen LogP contribution in [-0.4, -0.2) is 30.9 Å². The average Bonchev–Trinajstić information content (AvgIpc) is 3.15. The molecule has 0 unspecified atom stereocenters. The number of fused-ring (bicyclic) bond motifs is 1. The molecule has 1 N–H and O–H groups in total. The van der Waals surface area contributed by atoms with E-state index in [2.05, 4.69) is 5.32 Å². The zero-order valence-corrected chi connectivity index (χ0v) is 16.1. The van der Waals surface area contributed by atoms with E-state index in [1.54, 1.807) is 31.2 Å². The van der Waals surface area contributed by atoms with Crippen LogP contribution in [0.1, 0.15) is 36.0 Å². The number of amides is 1. The maximum Gasteiger partial charge on any atom is 0.344 e. The maximum absolute atomic E-state index is 12.0. The Morgan fingerprint density at radius 2 is 1.76 bits per heavy atom. The number of hydrogen-bond donors (Lipinski definition) is 1. The molecule has 0 spiro atoms. The second-order valence-corrected chi connectivity index (χ2v) is 6.51. The van der Waals surface area contributed by atoms with E-state index in [4.69, 9.17) is 13.9 Å². The molecule has 0 aliphatic carbocycles. The van der Waals surface area contributed by atoms with E-state index >= 15 is 0 Å². The van der Waals surface area contributed by atoms with Gasteiger partial charge in [0.25, 0.3) is 5.91 Å². The lowest BCUT2D eigenvalue weighted by Gasteiger charge is -2.12. The molecule has 0 bridgehead atoms. The van der Waals surface area contributed by atoms with Crippen LogP contribution in [0.4, 0.5) is 0 Å². The Balaban J connectivity index is 1.42. The van der Waals surface area contributed by atoms with Crippen molar-refractivity contribution in [3.05, 3.63) is 65.9 Å². The quantitative estimate of drug-likeness (QED) is 0.464. The van der Waals surface area contributed by atoms with E-state index in [-0.39, 0.29) is 18.4 Å². The summed E-state index contributed by atoms with van der Waals surface area (Å²) in [7, 11) is 0. The van der Waals surface area contributed by atoms with E-state index in [1.807, 2.05) is 30.3 Å². The van der Waals surface area contributed by atoms with Gasteiger partial charge in [0.05, 0.1) is 6.04 Å². The second-order valence-electron chi connectivity index (χ2n) is 6.51. The van der Waals surface area contributed by atoms with Gasteiger partial charge in [-0.1, -0.05) is 18.2 Å². The molecule has 0 saturated carbocycles. The van der Waals surface area contributed by atoms with Crippen LogP contribution in [0.2, 0.25) is 0 Å². The summed E-state index contributed by atoms with van der Waals surface area (Å²) in [5, 5.41) is 3.67. The fourth-order valence-corrected chi connectivity index (χ4v) is 2.69. The minimum Gasteiger partial charge on any atom is -0.482 e. The topological polar surface area (TPSA) is 94.8 Å². The molecule has 0 aliphatic rings. The predicted octanol–water partition coefficient (Wildman–Crippen LogP) is 3.43. The minimum absolute atomic E-state index is 0.0566. The number of rotatable bonds is 8. The van der Waals surface area contributed by atoms with Crippen molar-refractivity contribution < 1.29 is 28.3 Å². The molecule has 29 heavy (non-hydrogen) atoms. The Morgan fingerprint density at radius 1 is 1.03 bits per heavy atom. The highest BCUT2D eigenvalue weighted by Crippen LogP contribution is 2.23. The lowest BCUT2D eigenvalue weighted by atomic mass is 10.1. The third kappa shape index (κ3) is 5.44. The van der Waals surface area contributed by atoms with E-state index in [1.165, 1.54) is 6.92 Å². The van der Waals surface area contributed by atoms with Crippen LogP contribution >= 0.6 is 0 Å². The van der Waals surface area contributed by atoms with Crippen molar-refractivity contribution in [2.75, 3.05) is 13.2 Å². The first kappa shape index (κ1) is 20.1. The standard InChI is InChI=1S/C22H21NO6/c1-14(20-11-17-5-3-4-6-19(17)29-20)23-21(25)12-28-22(26)13-27-18-9-7-16(8-10-18)15(2)24/h3-11,14H,12-13H2,1-2H3,(H,23,25)/t14-/m0/s1. The number of esters is 1. The largest absolute Gasteiger partial charge is 0.482 e. The molecule has 1 heterocycles. The number of nitrogens with one attached hydrogen (secondary N) is 1. The van der Waals surface area contributed by atoms with E-state index in [0.717, 1.165) is 11.0 Å². The van der Waals surface area contributed by atoms with Gasteiger partial charge in [0.1, 0.15) is 17.1 Å². The zero-order valence-electron chi connectivity index (χ0n) is 16.1. The number of benzene rings is 2. The summed E-state index contributed by atoms with van der Waals surface area (Å²) in [6.45, 7) is 2.49. The predicted molar refractivity (Wildman–Crippen MR) is 106 cm³/mol. The Morgan fingerprint density at radius 3 is 2.45 bits per heavy atom. The van der Waals surface area contributed by atoms with E-state index in [9.17, 15) is 14.4 Å². The lowest BCUT2D eigenvalue weighted by Crippen LogP contribution is -2.31. The first-order valence-electron chi connectivity index (χ1n) is 9.09. The summed E-state index contributed by atoms with van der Waals surface area (Å²) in [4.78, 5) is 35.0. The Bertz CT molecular complexity index is 988. The fraction of sp³-hybridized carbons (Fsp3) is 0.227. The SMILES string of the molecule is CC(=O)c1ccc(OCC(=O)OCC(=O)N[C@@H](C)c2cc3ccccc3o2)cc1. The summed E-state index contributed by atoms with van der Waals surface area (Å²) < 4.78 is 15.9. The molecule has 7 heteroatoms. The molecule has 0 radical (unpaired) electrons. The summed E-state index contributed by atoms with van der Waals surface area (Å²) >= 11 is 0. The van der Waals surface area contributed by atoms with Gasteiger partial charge in [-0.15, -0.1) is 0 Å². The number of Topliss-reactive ketones (excluding diaryl/α,β-unsaturated/α-hetero) is 1. The Labute approximate surface area is 167 Å². The molecular weight excluding hydrogens is 374 g/mol. The third-order valence-electron chi connectivity index (χ3n) is 4.23. The van der Waals surface area contributed by atoms with Crippen LogP contribution in [0, 0.1) is 0 Å². The number of carbonyl (C=O) groups excluding carboxylic acids is 3. The summed E-state index contributed by atoms with van der Waals surface area (Å²) in [5.74, 6) is -0.138. The van der Waals surface area contributed by atoms with Crippen molar-refractivity contribution in [1.82, 2.24) is 5.32 Å². The number of para-hydroxylation sites is 1. The maximum atomic E-state index is 12.0. The van der Waals surface area contributed by atoms with Crippen LogP contribution in [0.3, 0.4) is 0 Å². The van der Waals surface area contributed by atoms with Crippen molar-refractivity contribution in [2.45, 2.75) is 19.9 Å². The van der Waals surface area contributed by atoms with Crippen LogP contribution in [0.5, 0.6) is 5.75 Å². The molecule has 3 rings (SSSR count). The lowest BCUT2D eigenvalue weighted by molar-refractivity contribution is -0.150. The average molecular weight is 395 g/mol. The van der Waals surface area contributed by atoms with Gasteiger partial charge in [-0.05, 0) is 50.2 Å². The molecule has 1 aromatic heterocycles. The molecule has 150 valence electrons. The number of ether oxygens (including phenoxy) is 2. The number of furan rings is 1. The molecular formula is C22H21NO6. The van der Waals surface area contributed by atoms with Crippen molar-refractivity contribution in [1.29, 1.82) is 0 Å². The van der Waals surface area contributed by atoms with Gasteiger partial charge in [-0.25, -0.2) is 4.79 Å². The Hall–Kier alpha value is -3.61. The fourth-order valence-electron chi connectivity index (χ4n) is 2.69. The first-order chi connectivity index (χ1) is 13.9. The monoisotopic (exact) mass is 395 g/mol. The molecule has 3 aromatic rings. The van der Waals surface area contributed by atoms with Crippen LogP contribution in [0.25, 0.3) is 11.0 Å². The molecule has 0 aliphatic heterocycles. The molecule has 1 amide bonds. The van der Waals surface area contributed by atoms with Gasteiger partial charge >= 0.3 is 5.97 Å². The van der Waals surface area contributed by atoms with Gasteiger partial charge in [0.15, 0.2) is 19.0 Å². The number of carbonyl (C=O) groups is 3. The van der Waals surface area contributed by atoms with Crippen LogP contribution in [0.15, 0.2) is 59.0 Å². The number of ketones is 1. The normalized spacial score (nSPS) is 11.7. The molecule has 7 nitrogen and oxygen atoms in total. The minimum atomic E-state index is -0.674. The van der Waals surface area contributed by atoms with Crippen molar-refractivity contribution in [2.24, 2.45) is 0 Å². The molecule has 1 atom stereocenters. The highest BCUT2D eigenvalue weighted by Gasteiger charge is 2.15. The van der Waals surface area contributed by atoms with Gasteiger partial charge in [0, 0.05) is 10.9 Å². The smallest absolute Gasteiger partial charge is 0.344 e. The Kier molecular flexibility index (Phi) is 6.29. The van der Waals surface area contributed by atoms with E-state index < -0.39 is 18.5 Å². The number of hydrogen-bond acceptors (Lipinski definition) is 6. The highest BCUT2D eigenvalue weighted by atomic mass is 16.6. The summed E-state index contributed by atoms with van der Waals surface area (Å²) in [5.41, 5.74) is 1.29. The third-order valence-corrected chi connectivity index (χ3v) is 4.23. The zero-order chi connectivity index (χ0) is 20.8. The van der Waals surface area contributed by atoms with Gasteiger partial charge in [-0.2, -0.15) is 0 Å². The van der Waals surface area contributed by atoms with Gasteiger partial charge in [-0.3, -0.25) is 9.59 Å². The second kappa shape index (κ2) is 9.05. The summed E-state index contributed by atoms with van der Waals surface area (Å²) in [6, 6.07) is 15.4. The first-order valence-corrected chi connectivity index (χ1v) is 9.09.